The molecule has 144 valence electrons. The minimum Gasteiger partial charge on any atom is -0.467 e. The second kappa shape index (κ2) is 8.99. The van der Waals surface area contributed by atoms with Crippen LogP contribution in [0.2, 0.25) is 0 Å². The van der Waals surface area contributed by atoms with Gasteiger partial charge in [-0.1, -0.05) is 58.4 Å². The highest BCUT2D eigenvalue weighted by Crippen LogP contribution is 2.33. The molecule has 0 aliphatic carbocycles. The minimum absolute atomic E-state index is 0.0263. The highest BCUT2D eigenvalue weighted by molar-refractivity contribution is 9.10. The zero-order chi connectivity index (χ0) is 20.1. The lowest BCUT2D eigenvalue weighted by atomic mass is 9.94. The largest absolute Gasteiger partial charge is 0.467 e. The molecule has 5 nitrogen and oxygen atoms in total. The molecule has 0 radical (unpaired) electrons. The molecule has 28 heavy (non-hydrogen) atoms. The van der Waals surface area contributed by atoms with E-state index in [1.807, 2.05) is 48.5 Å². The number of hydrogen-bond donors (Lipinski definition) is 1. The van der Waals surface area contributed by atoms with Gasteiger partial charge in [0.2, 0.25) is 0 Å². The van der Waals surface area contributed by atoms with E-state index in [1.54, 1.807) is 12.1 Å². The Morgan fingerprint density at radius 1 is 1.00 bits per heavy atom. The van der Waals surface area contributed by atoms with Crippen molar-refractivity contribution in [3.63, 3.8) is 0 Å². The van der Waals surface area contributed by atoms with Gasteiger partial charge in [-0.05, 0) is 40.1 Å². The summed E-state index contributed by atoms with van der Waals surface area (Å²) in [4.78, 5) is 24.9. The molecular formula is C22H20BrNO4. The summed E-state index contributed by atoms with van der Waals surface area (Å²) >= 11 is 3.49. The van der Waals surface area contributed by atoms with E-state index in [1.165, 1.54) is 14.2 Å². The van der Waals surface area contributed by atoms with Crippen LogP contribution in [0.4, 0.5) is 0 Å². The number of carbonyl (C=O) groups is 2. The van der Waals surface area contributed by atoms with Crippen LogP contribution in [0.1, 0.15) is 10.4 Å². The average molecular weight is 442 g/mol. The van der Waals surface area contributed by atoms with E-state index < -0.39 is 12.0 Å². The summed E-state index contributed by atoms with van der Waals surface area (Å²) in [7, 11) is 2.74. The standard InChI is InChI=1S/C22H20BrNO4/c1-27-13-20(22(26)28-2)24-21(25)18-11-10-15(23)12-19(18)17-9-5-7-14-6-3-4-8-16(14)17/h3-12,20H,13H2,1-2H3,(H,24,25)/t20-/m0/s1. The first kappa shape index (κ1) is 20.0. The number of amides is 1. The third-order valence-electron chi connectivity index (χ3n) is 4.43. The summed E-state index contributed by atoms with van der Waals surface area (Å²) in [6, 6.07) is 18.5. The Morgan fingerprint density at radius 2 is 1.75 bits per heavy atom. The Bertz CT molecular complexity index is 1010. The van der Waals surface area contributed by atoms with Gasteiger partial charge in [-0.3, -0.25) is 4.79 Å². The van der Waals surface area contributed by atoms with Crippen molar-refractivity contribution in [2.45, 2.75) is 6.04 Å². The zero-order valence-electron chi connectivity index (χ0n) is 15.6. The summed E-state index contributed by atoms with van der Waals surface area (Å²) in [6.07, 6.45) is 0. The Morgan fingerprint density at radius 3 is 2.50 bits per heavy atom. The maximum absolute atomic E-state index is 13.0. The van der Waals surface area contributed by atoms with Crippen LogP contribution < -0.4 is 5.32 Å². The van der Waals surface area contributed by atoms with Gasteiger partial charge in [0.1, 0.15) is 0 Å². The van der Waals surface area contributed by atoms with Crippen LogP contribution in [0.3, 0.4) is 0 Å². The number of fused-ring (bicyclic) bond motifs is 1. The number of carbonyl (C=O) groups excluding carboxylic acids is 2. The second-order valence-electron chi connectivity index (χ2n) is 6.22. The van der Waals surface area contributed by atoms with Crippen LogP contribution in [0.5, 0.6) is 0 Å². The smallest absolute Gasteiger partial charge is 0.330 e. The number of hydrogen-bond acceptors (Lipinski definition) is 4. The summed E-state index contributed by atoms with van der Waals surface area (Å²) < 4.78 is 10.6. The molecule has 6 heteroatoms. The topological polar surface area (TPSA) is 64.6 Å². The van der Waals surface area contributed by atoms with Crippen LogP contribution >= 0.6 is 15.9 Å². The van der Waals surface area contributed by atoms with Gasteiger partial charge in [0.15, 0.2) is 6.04 Å². The lowest BCUT2D eigenvalue weighted by Gasteiger charge is -2.18. The van der Waals surface area contributed by atoms with Crippen molar-refractivity contribution in [1.29, 1.82) is 0 Å². The molecule has 3 rings (SSSR count). The van der Waals surface area contributed by atoms with E-state index in [0.717, 1.165) is 26.4 Å². The van der Waals surface area contributed by atoms with E-state index in [0.29, 0.717) is 5.56 Å². The third-order valence-corrected chi connectivity index (χ3v) is 4.92. The highest BCUT2D eigenvalue weighted by Gasteiger charge is 2.24. The molecule has 0 saturated carbocycles. The van der Waals surface area contributed by atoms with Gasteiger partial charge in [-0.25, -0.2) is 4.79 Å². The summed E-state index contributed by atoms with van der Waals surface area (Å²) in [5.41, 5.74) is 2.17. The molecule has 0 heterocycles. The molecule has 3 aromatic carbocycles. The van der Waals surface area contributed by atoms with Gasteiger partial charge in [0.25, 0.3) is 5.91 Å². The molecule has 0 spiro atoms. The fourth-order valence-electron chi connectivity index (χ4n) is 3.11. The molecule has 0 aromatic heterocycles. The molecule has 1 amide bonds. The maximum atomic E-state index is 13.0. The van der Waals surface area contributed by atoms with Gasteiger partial charge >= 0.3 is 5.97 Å². The van der Waals surface area contributed by atoms with Gasteiger partial charge in [-0.2, -0.15) is 0 Å². The second-order valence-corrected chi connectivity index (χ2v) is 7.14. The molecular weight excluding hydrogens is 422 g/mol. The molecule has 3 aromatic rings. The van der Waals surface area contributed by atoms with Crippen LogP contribution in [0.15, 0.2) is 65.1 Å². The van der Waals surface area contributed by atoms with Crippen molar-refractivity contribution in [2.24, 2.45) is 0 Å². The van der Waals surface area contributed by atoms with Crippen molar-refractivity contribution in [3.8, 4) is 11.1 Å². The summed E-state index contributed by atoms with van der Waals surface area (Å²) in [5.74, 6) is -0.929. The monoisotopic (exact) mass is 441 g/mol. The Balaban J connectivity index is 2.06. The van der Waals surface area contributed by atoms with Crippen molar-refractivity contribution < 1.29 is 19.1 Å². The number of esters is 1. The van der Waals surface area contributed by atoms with E-state index in [4.69, 9.17) is 9.47 Å². The van der Waals surface area contributed by atoms with Gasteiger partial charge in [0, 0.05) is 17.1 Å². The summed E-state index contributed by atoms with van der Waals surface area (Å²) in [6.45, 7) is 0.0263. The average Bonchev–Trinajstić information content (AvgIpc) is 2.72. The number of benzene rings is 3. The molecule has 1 N–H and O–H groups in total. The summed E-state index contributed by atoms with van der Waals surface area (Å²) in [5, 5.41) is 4.83. The van der Waals surface area contributed by atoms with Crippen LogP contribution in [0.25, 0.3) is 21.9 Å². The Labute approximate surface area is 171 Å². The van der Waals surface area contributed by atoms with E-state index >= 15 is 0 Å². The number of methoxy groups -OCH3 is 2. The van der Waals surface area contributed by atoms with E-state index in [9.17, 15) is 9.59 Å². The van der Waals surface area contributed by atoms with Crippen LogP contribution in [-0.2, 0) is 14.3 Å². The van der Waals surface area contributed by atoms with Crippen LogP contribution in [0, 0.1) is 0 Å². The fraction of sp³-hybridized carbons (Fsp3) is 0.182. The molecule has 0 saturated heterocycles. The van der Waals surface area contributed by atoms with Gasteiger partial charge in [0.05, 0.1) is 13.7 Å². The van der Waals surface area contributed by atoms with E-state index in [2.05, 4.69) is 21.2 Å². The molecule has 0 aliphatic rings. The third kappa shape index (κ3) is 4.24. The minimum atomic E-state index is -0.883. The zero-order valence-corrected chi connectivity index (χ0v) is 17.2. The number of rotatable bonds is 6. The fourth-order valence-corrected chi connectivity index (χ4v) is 3.47. The molecule has 1 atom stereocenters. The number of halogens is 1. The predicted octanol–water partition coefficient (Wildman–Crippen LogP) is 4.19. The number of ether oxygens (including phenoxy) is 2. The Hall–Kier alpha value is -2.70. The Kier molecular flexibility index (Phi) is 6.44. The van der Waals surface area contributed by atoms with Crippen molar-refractivity contribution in [3.05, 3.63) is 70.7 Å². The first-order valence-corrected chi connectivity index (χ1v) is 9.49. The van der Waals surface area contributed by atoms with Crippen molar-refractivity contribution >= 4 is 38.6 Å². The van der Waals surface area contributed by atoms with Crippen LogP contribution in [-0.4, -0.2) is 38.7 Å². The maximum Gasteiger partial charge on any atom is 0.330 e. The van der Waals surface area contributed by atoms with Gasteiger partial charge < -0.3 is 14.8 Å². The quantitative estimate of drug-likeness (QED) is 0.582. The van der Waals surface area contributed by atoms with Crippen molar-refractivity contribution in [1.82, 2.24) is 5.32 Å². The molecule has 0 aliphatic heterocycles. The molecule has 0 unspecified atom stereocenters. The molecule has 0 fully saturated rings. The predicted molar refractivity (Wildman–Crippen MR) is 112 cm³/mol. The molecule has 0 bridgehead atoms. The first-order valence-electron chi connectivity index (χ1n) is 8.70. The lowest BCUT2D eigenvalue weighted by molar-refractivity contribution is -0.144. The lowest BCUT2D eigenvalue weighted by Crippen LogP contribution is -2.44. The van der Waals surface area contributed by atoms with E-state index in [-0.39, 0.29) is 12.5 Å². The first-order chi connectivity index (χ1) is 13.5. The highest BCUT2D eigenvalue weighted by atomic mass is 79.9. The number of nitrogens with one attached hydrogen (secondary N) is 1. The normalized spacial score (nSPS) is 11.8. The van der Waals surface area contributed by atoms with Crippen molar-refractivity contribution in [2.75, 3.05) is 20.8 Å². The van der Waals surface area contributed by atoms with Gasteiger partial charge in [-0.15, -0.1) is 0 Å². The SMILES string of the molecule is COC[C@H](NC(=O)c1ccc(Br)cc1-c1cccc2ccccc12)C(=O)OC.